The number of nitrogens with one attached hydrogen (secondary N) is 1. The van der Waals surface area contributed by atoms with Crippen LogP contribution < -0.4 is 5.32 Å². The second-order valence-electron chi connectivity index (χ2n) is 21.2. The standard InChI is InChI=1S/C28H44FN3O3S.C28H46FN3O3/c1-6-7-16-32-20-30-28(15-17-36-5,35-27(33)34-4)25(32)18-21-11-13-22(14-12-21)26(31(2)3)23-9-8-10-24(29)19-23;1-6-8-17-32-20-30-28(16-7-2,35-27(33)34-5)25(32)18-21-12-14-22(15-13-21)26(31(3)4)23-10-9-11-24(29)19-23/h8-10,19-22,25-26H,6-7,11-18H2,1-5H3;9-11,19,21-22,25-26,30H,6-8,12-18,20H2,1-5H3. The molecule has 6 rings (SSSR count). The van der Waals surface area contributed by atoms with E-state index in [4.69, 9.17) is 23.9 Å². The van der Waals surface area contributed by atoms with Crippen LogP contribution in [-0.2, 0) is 18.9 Å². The lowest BCUT2D eigenvalue weighted by molar-refractivity contribution is -0.0706. The van der Waals surface area contributed by atoms with Gasteiger partial charge in [0, 0.05) is 31.5 Å². The third kappa shape index (κ3) is 16.0. The van der Waals surface area contributed by atoms with Gasteiger partial charge < -0.3 is 33.6 Å². The van der Waals surface area contributed by atoms with E-state index in [0.29, 0.717) is 30.1 Å². The number of thioether (sulfide) groups is 1. The molecule has 2 aliphatic heterocycles. The van der Waals surface area contributed by atoms with Gasteiger partial charge in [-0.25, -0.2) is 23.4 Å². The number of rotatable bonds is 23. The molecule has 6 atom stereocenters. The fourth-order valence-electron chi connectivity index (χ4n) is 12.4. The Morgan fingerprint density at radius 3 is 1.70 bits per heavy atom. The van der Waals surface area contributed by atoms with E-state index in [1.807, 2.05) is 24.5 Å². The van der Waals surface area contributed by atoms with Crippen LogP contribution in [0.5, 0.6) is 0 Å². The Labute approximate surface area is 430 Å². The summed E-state index contributed by atoms with van der Waals surface area (Å²) in [6, 6.07) is 14.7. The van der Waals surface area contributed by atoms with Gasteiger partial charge in [-0.3, -0.25) is 10.2 Å². The first-order valence-electron chi connectivity index (χ1n) is 26.8. The zero-order chi connectivity index (χ0) is 51.6. The van der Waals surface area contributed by atoms with Crippen molar-refractivity contribution in [3.63, 3.8) is 0 Å². The SMILES string of the molecule is CCCCN1C=NC(CCSC)(OC(=O)OC)C1CC1CCC(C(c2cccc(F)c2)N(C)C)CC1.CCCCN1CNC(CCC)(OC(=O)OC)C1CC1CCC(C(c2cccc(F)c2)N(C)C)CC1. The summed E-state index contributed by atoms with van der Waals surface area (Å²) >= 11 is 1.74. The molecular weight excluding hydrogens is 923 g/mol. The molecule has 2 saturated carbocycles. The van der Waals surface area contributed by atoms with Crippen molar-refractivity contribution >= 4 is 30.4 Å². The molecule has 71 heavy (non-hydrogen) atoms. The van der Waals surface area contributed by atoms with Gasteiger partial charge >= 0.3 is 12.3 Å². The summed E-state index contributed by atoms with van der Waals surface area (Å²) in [5.41, 5.74) is 0.535. The molecule has 0 spiro atoms. The van der Waals surface area contributed by atoms with Gasteiger partial charge in [-0.15, -0.1) is 0 Å². The number of halogens is 2. The number of ether oxygens (including phenoxy) is 4. The van der Waals surface area contributed by atoms with Crippen LogP contribution in [0.25, 0.3) is 0 Å². The Balaban J connectivity index is 0.000000264. The summed E-state index contributed by atoms with van der Waals surface area (Å²) in [6.07, 6.45) is 20.4. The van der Waals surface area contributed by atoms with Crippen LogP contribution >= 0.6 is 11.8 Å². The zero-order valence-corrected chi connectivity index (χ0v) is 45.8. The largest absolute Gasteiger partial charge is 0.510 e. The van der Waals surface area contributed by atoms with Gasteiger partial charge in [0.1, 0.15) is 11.6 Å². The molecule has 3 fully saturated rings. The number of carbonyl (C=O) groups is 2. The number of nitrogens with zero attached hydrogens (tertiary/aromatic N) is 5. The number of hydrogen-bond donors (Lipinski definition) is 1. The van der Waals surface area contributed by atoms with Gasteiger partial charge in [-0.2, -0.15) is 11.8 Å². The van der Waals surface area contributed by atoms with Crippen molar-refractivity contribution in [2.24, 2.45) is 28.7 Å². The molecule has 2 aromatic rings. The highest BCUT2D eigenvalue weighted by Gasteiger charge is 2.52. The second kappa shape index (κ2) is 28.8. The zero-order valence-electron chi connectivity index (χ0n) is 45.0. The monoisotopic (exact) mass is 1010 g/mol. The maximum atomic E-state index is 14.0. The molecule has 4 aliphatic rings. The summed E-state index contributed by atoms with van der Waals surface area (Å²) in [7, 11) is 11.1. The lowest BCUT2D eigenvalue weighted by Gasteiger charge is -2.41. The van der Waals surface area contributed by atoms with Gasteiger partial charge in [0.25, 0.3) is 0 Å². The minimum atomic E-state index is -0.894. The number of carbonyl (C=O) groups excluding carboxylic acids is 2. The van der Waals surface area contributed by atoms with Crippen LogP contribution in [0.15, 0.2) is 53.5 Å². The predicted molar refractivity (Wildman–Crippen MR) is 283 cm³/mol. The predicted octanol–water partition coefficient (Wildman–Crippen LogP) is 12.3. The number of aliphatic imine (C=N–C) groups is 1. The van der Waals surface area contributed by atoms with Crippen molar-refractivity contribution in [2.75, 3.05) is 74.2 Å². The van der Waals surface area contributed by atoms with Crippen LogP contribution in [-0.4, -0.2) is 136 Å². The van der Waals surface area contributed by atoms with Crippen molar-refractivity contribution in [2.45, 2.75) is 166 Å². The number of hydrogen-bond acceptors (Lipinski definition) is 13. The summed E-state index contributed by atoms with van der Waals surface area (Å²) < 4.78 is 49.6. The Bertz CT molecular complexity index is 1930. The molecule has 1 N–H and O–H groups in total. The fourth-order valence-corrected chi connectivity index (χ4v) is 12.9. The van der Waals surface area contributed by atoms with E-state index in [9.17, 15) is 18.4 Å². The first kappa shape index (κ1) is 58.4. The van der Waals surface area contributed by atoms with Gasteiger partial charge in [-0.05, 0) is 157 Å². The van der Waals surface area contributed by atoms with Crippen LogP contribution in [0.4, 0.5) is 18.4 Å². The first-order chi connectivity index (χ1) is 34.2. The molecule has 2 aliphatic carbocycles. The quantitative estimate of drug-likeness (QED) is 0.107. The average Bonchev–Trinajstić information content (AvgIpc) is 3.85. The third-order valence-corrected chi connectivity index (χ3v) is 16.5. The smallest absolute Gasteiger partial charge is 0.438 e. The van der Waals surface area contributed by atoms with E-state index in [2.05, 4.69) is 86.2 Å². The van der Waals surface area contributed by atoms with E-state index in [1.54, 1.807) is 23.9 Å². The maximum absolute atomic E-state index is 14.0. The summed E-state index contributed by atoms with van der Waals surface area (Å²) in [4.78, 5) is 38.5. The van der Waals surface area contributed by atoms with E-state index >= 15 is 0 Å². The highest BCUT2D eigenvalue weighted by atomic mass is 32.2. The Morgan fingerprint density at radius 1 is 0.732 bits per heavy atom. The lowest BCUT2D eigenvalue weighted by atomic mass is 9.73. The van der Waals surface area contributed by atoms with Gasteiger partial charge in [-0.1, -0.05) is 90.0 Å². The summed E-state index contributed by atoms with van der Waals surface area (Å²) in [5, 5.41) is 3.56. The van der Waals surface area contributed by atoms with Crippen molar-refractivity contribution < 1.29 is 37.3 Å². The summed E-state index contributed by atoms with van der Waals surface area (Å²) in [6.45, 7) is 9.18. The van der Waals surface area contributed by atoms with Crippen molar-refractivity contribution in [3.05, 3.63) is 71.3 Å². The molecule has 0 radical (unpaired) electrons. The van der Waals surface area contributed by atoms with Crippen molar-refractivity contribution in [1.82, 2.24) is 24.9 Å². The van der Waals surface area contributed by atoms with Crippen LogP contribution in [0.2, 0.25) is 0 Å². The average molecular weight is 1010 g/mol. The van der Waals surface area contributed by atoms with Gasteiger partial charge in [0.05, 0.1) is 39.3 Å². The van der Waals surface area contributed by atoms with E-state index < -0.39 is 23.8 Å². The molecular formula is C56H90F2N6O6S. The number of unbranched alkanes of at least 4 members (excludes halogenated alkanes) is 2. The molecule has 0 amide bonds. The highest BCUT2D eigenvalue weighted by Crippen LogP contribution is 2.46. The second-order valence-corrected chi connectivity index (χ2v) is 22.2. The number of benzene rings is 2. The van der Waals surface area contributed by atoms with Crippen LogP contribution in [0.3, 0.4) is 0 Å². The lowest BCUT2D eigenvalue weighted by Crippen LogP contribution is -2.54. The van der Waals surface area contributed by atoms with Crippen LogP contribution in [0, 0.1) is 35.3 Å². The minimum Gasteiger partial charge on any atom is -0.438 e. The van der Waals surface area contributed by atoms with Crippen molar-refractivity contribution in [3.8, 4) is 0 Å². The Hall–Kier alpha value is -3.50. The normalized spacial score (nSPS) is 27.5. The van der Waals surface area contributed by atoms with Gasteiger partial charge in [0.2, 0.25) is 5.72 Å². The molecule has 6 unspecified atom stereocenters. The molecule has 2 heterocycles. The van der Waals surface area contributed by atoms with Crippen LogP contribution in [0.1, 0.15) is 153 Å². The fraction of sp³-hybridized carbons (Fsp3) is 0.732. The molecule has 400 valence electrons. The minimum absolute atomic E-state index is 0.0183. The Kier molecular flexibility index (Phi) is 23.7. The van der Waals surface area contributed by atoms with Gasteiger partial charge in [0.15, 0.2) is 5.72 Å². The molecule has 0 bridgehead atoms. The molecule has 2 aromatic carbocycles. The maximum Gasteiger partial charge on any atom is 0.510 e. The van der Waals surface area contributed by atoms with E-state index in [0.717, 1.165) is 139 Å². The first-order valence-corrected chi connectivity index (χ1v) is 28.2. The van der Waals surface area contributed by atoms with Crippen molar-refractivity contribution in [1.29, 1.82) is 0 Å². The molecule has 15 heteroatoms. The number of methoxy groups -OCH3 is 2. The summed E-state index contributed by atoms with van der Waals surface area (Å²) in [5.74, 6) is 2.62. The topological polar surface area (TPSA) is 108 Å². The van der Waals surface area contributed by atoms with E-state index in [-0.39, 0.29) is 35.8 Å². The molecule has 12 nitrogen and oxygen atoms in total. The molecule has 1 saturated heterocycles. The molecule has 0 aromatic heterocycles. The van der Waals surface area contributed by atoms with E-state index in [1.165, 1.54) is 26.4 Å². The third-order valence-electron chi connectivity index (χ3n) is 15.9. The Morgan fingerprint density at radius 2 is 1.24 bits per heavy atom. The highest BCUT2D eigenvalue weighted by molar-refractivity contribution is 7.98.